The van der Waals surface area contributed by atoms with E-state index in [0.717, 1.165) is 38.3 Å². The van der Waals surface area contributed by atoms with E-state index in [1.807, 2.05) is 23.1 Å². The maximum atomic E-state index is 4.68. The first kappa shape index (κ1) is 22.8. The molecule has 8 aromatic rings. The first-order valence-corrected chi connectivity index (χ1v) is 14.1. The zero-order chi connectivity index (χ0) is 26.5. The Labute approximate surface area is 234 Å². The van der Waals surface area contributed by atoms with Gasteiger partial charge in [-0.25, -0.2) is 4.68 Å². The molecule has 0 fully saturated rings. The van der Waals surface area contributed by atoms with E-state index in [1.165, 1.54) is 32.7 Å². The van der Waals surface area contributed by atoms with Gasteiger partial charge >= 0.3 is 0 Å². The number of nitrogens with zero attached hydrogens (tertiary/aromatic N) is 4. The van der Waals surface area contributed by atoms with E-state index in [-0.39, 0.29) is 0 Å². The summed E-state index contributed by atoms with van der Waals surface area (Å²) in [7, 11) is 0. The minimum Gasteiger partial charge on any atom is -0.256 e. The van der Waals surface area contributed by atoms with Gasteiger partial charge in [0.05, 0.1) is 11.9 Å². The smallest absolute Gasteiger partial charge is 0.120 e. The molecule has 0 aliphatic carbocycles. The molecule has 3 heterocycles. The molecule has 0 unspecified atom stereocenters. The van der Waals surface area contributed by atoms with Crippen molar-refractivity contribution in [2.45, 2.75) is 0 Å². The number of hydrogen-bond acceptors (Lipinski definition) is 4. The van der Waals surface area contributed by atoms with Crippen LogP contribution in [0.4, 0.5) is 0 Å². The third kappa shape index (κ3) is 3.71. The molecule has 0 bridgehead atoms. The van der Waals surface area contributed by atoms with Crippen molar-refractivity contribution in [1.29, 1.82) is 0 Å². The molecular formula is C35H22N4S. The van der Waals surface area contributed by atoms with Crippen molar-refractivity contribution in [3.63, 3.8) is 0 Å². The van der Waals surface area contributed by atoms with E-state index >= 15 is 0 Å². The van der Waals surface area contributed by atoms with E-state index in [4.69, 9.17) is 0 Å². The summed E-state index contributed by atoms with van der Waals surface area (Å²) in [6, 6.07) is 40.6. The molecular weight excluding hydrogens is 508 g/mol. The number of rotatable bonds is 4. The van der Waals surface area contributed by atoms with Crippen LogP contribution in [0.15, 0.2) is 133 Å². The molecule has 0 aliphatic heterocycles. The average Bonchev–Trinajstić information content (AvgIpc) is 3.71. The van der Waals surface area contributed by atoms with Gasteiger partial charge in [-0.05, 0) is 50.2 Å². The van der Waals surface area contributed by atoms with Crippen molar-refractivity contribution in [3.05, 3.63) is 133 Å². The van der Waals surface area contributed by atoms with Crippen molar-refractivity contribution in [1.82, 2.24) is 20.0 Å². The predicted octanol–water partition coefficient (Wildman–Crippen LogP) is 9.18. The summed E-state index contributed by atoms with van der Waals surface area (Å²) in [6.45, 7) is 0. The quantitative estimate of drug-likeness (QED) is 0.228. The summed E-state index contributed by atoms with van der Waals surface area (Å²) in [5.74, 6) is 0. The van der Waals surface area contributed by atoms with Crippen LogP contribution in [0.25, 0.3) is 71.0 Å². The van der Waals surface area contributed by atoms with Gasteiger partial charge in [0.1, 0.15) is 10.7 Å². The number of hydrogen-bond donors (Lipinski definition) is 0. The van der Waals surface area contributed by atoms with Crippen LogP contribution in [0, 0.1) is 0 Å². The van der Waals surface area contributed by atoms with Gasteiger partial charge in [-0.2, -0.15) is 0 Å². The number of thiophene rings is 1. The molecule has 0 saturated heterocycles. The highest BCUT2D eigenvalue weighted by Gasteiger charge is 2.15. The first-order chi connectivity index (χ1) is 19.8. The molecule has 0 aliphatic rings. The zero-order valence-corrected chi connectivity index (χ0v) is 22.2. The Hall–Kier alpha value is -5.13. The van der Waals surface area contributed by atoms with E-state index in [2.05, 4.69) is 130 Å². The highest BCUT2D eigenvalue weighted by molar-refractivity contribution is 7.13. The second-order valence-electron chi connectivity index (χ2n) is 9.84. The Bertz CT molecular complexity index is 2180. The fraction of sp³-hybridized carbons (Fsp3) is 0. The molecule has 0 saturated carbocycles. The van der Waals surface area contributed by atoms with Crippen LogP contribution in [-0.2, 0) is 0 Å². The van der Waals surface area contributed by atoms with Gasteiger partial charge in [-0.15, -0.1) is 16.4 Å². The minimum absolute atomic E-state index is 0.846. The van der Waals surface area contributed by atoms with E-state index < -0.39 is 0 Å². The van der Waals surface area contributed by atoms with Crippen LogP contribution in [0.1, 0.15) is 0 Å². The van der Waals surface area contributed by atoms with Crippen molar-refractivity contribution < 1.29 is 0 Å². The molecule has 0 atom stereocenters. The van der Waals surface area contributed by atoms with Gasteiger partial charge in [-0.1, -0.05) is 108 Å². The van der Waals surface area contributed by atoms with Crippen molar-refractivity contribution in [2.75, 3.05) is 0 Å². The lowest BCUT2D eigenvalue weighted by Crippen LogP contribution is -1.90. The Morgan fingerprint density at radius 1 is 0.575 bits per heavy atom. The Balaban J connectivity index is 1.20. The highest BCUT2D eigenvalue weighted by Crippen LogP contribution is 2.38. The lowest BCUT2D eigenvalue weighted by Gasteiger charge is -2.12. The van der Waals surface area contributed by atoms with Crippen molar-refractivity contribution >= 4 is 43.7 Å². The Morgan fingerprint density at radius 3 is 2.08 bits per heavy atom. The van der Waals surface area contributed by atoms with Crippen molar-refractivity contribution in [3.8, 4) is 38.6 Å². The van der Waals surface area contributed by atoms with Gasteiger partial charge in [-0.3, -0.25) is 4.98 Å². The van der Waals surface area contributed by atoms with Crippen LogP contribution in [0.3, 0.4) is 0 Å². The topological polar surface area (TPSA) is 43.6 Å². The van der Waals surface area contributed by atoms with Gasteiger partial charge in [0, 0.05) is 28.1 Å². The van der Waals surface area contributed by atoms with E-state index in [1.54, 1.807) is 11.3 Å². The maximum Gasteiger partial charge on any atom is 0.120 e. The Kier molecular flexibility index (Phi) is 5.28. The van der Waals surface area contributed by atoms with Crippen LogP contribution < -0.4 is 0 Å². The molecule has 8 rings (SSSR count). The molecule has 5 heteroatoms. The third-order valence-electron chi connectivity index (χ3n) is 7.53. The van der Waals surface area contributed by atoms with Crippen molar-refractivity contribution in [2.24, 2.45) is 0 Å². The summed E-state index contributed by atoms with van der Waals surface area (Å²) < 4.78 is 1.86. The second-order valence-corrected chi connectivity index (χ2v) is 10.7. The molecule has 4 nitrogen and oxygen atoms in total. The lowest BCUT2D eigenvalue weighted by molar-refractivity contribution is 0.815. The van der Waals surface area contributed by atoms with Crippen LogP contribution in [0.2, 0.25) is 0 Å². The second kappa shape index (κ2) is 9.26. The lowest BCUT2D eigenvalue weighted by atomic mass is 9.91. The SMILES string of the molecule is c1ccc2c(-c3ccc(-c4cn(-c5cc(-c6nccc7ccccc67)cs5)nn4)c4ccccc34)cccc2c1. The summed E-state index contributed by atoms with van der Waals surface area (Å²) in [5, 5.41) is 19.4. The molecule has 3 aromatic heterocycles. The zero-order valence-electron chi connectivity index (χ0n) is 21.4. The molecule has 40 heavy (non-hydrogen) atoms. The summed E-state index contributed by atoms with van der Waals surface area (Å²) in [4.78, 5) is 4.68. The molecule has 0 radical (unpaired) electrons. The first-order valence-electron chi connectivity index (χ1n) is 13.2. The van der Waals surface area contributed by atoms with Gasteiger partial charge < -0.3 is 0 Å². The van der Waals surface area contributed by atoms with Crippen LogP contribution >= 0.6 is 11.3 Å². The van der Waals surface area contributed by atoms with E-state index in [9.17, 15) is 0 Å². The van der Waals surface area contributed by atoms with Gasteiger partial charge in [0.2, 0.25) is 0 Å². The predicted molar refractivity (Wildman–Crippen MR) is 166 cm³/mol. The van der Waals surface area contributed by atoms with Crippen LogP contribution in [0.5, 0.6) is 0 Å². The number of fused-ring (bicyclic) bond motifs is 3. The number of pyridine rings is 1. The van der Waals surface area contributed by atoms with Gasteiger partial charge in [0.25, 0.3) is 0 Å². The highest BCUT2D eigenvalue weighted by atomic mass is 32.1. The third-order valence-corrected chi connectivity index (χ3v) is 8.45. The largest absolute Gasteiger partial charge is 0.256 e. The minimum atomic E-state index is 0.846. The molecule has 0 spiro atoms. The summed E-state index contributed by atoms with van der Waals surface area (Å²) >= 11 is 1.64. The standard InChI is InChI=1S/C35H22N4S/c1-3-11-26-23(8-1)10-7-15-28(26)31-16-17-32(30-14-6-5-13-29(30)31)33-21-39(38-37-33)34-20-25(22-40-34)35-27-12-4-2-9-24(27)18-19-36-35/h1-22H. The average molecular weight is 531 g/mol. The number of benzene rings is 5. The summed E-state index contributed by atoms with van der Waals surface area (Å²) in [6.07, 6.45) is 3.89. The fourth-order valence-electron chi connectivity index (χ4n) is 5.63. The fourth-order valence-corrected chi connectivity index (χ4v) is 6.45. The maximum absolute atomic E-state index is 4.68. The molecule has 5 aromatic carbocycles. The Morgan fingerprint density at radius 2 is 1.23 bits per heavy atom. The molecule has 0 N–H and O–H groups in total. The van der Waals surface area contributed by atoms with Gasteiger partial charge in [0.15, 0.2) is 0 Å². The molecule has 188 valence electrons. The monoisotopic (exact) mass is 530 g/mol. The summed E-state index contributed by atoms with van der Waals surface area (Å²) in [5.41, 5.74) is 6.43. The van der Waals surface area contributed by atoms with E-state index in [0.29, 0.717) is 0 Å². The normalized spacial score (nSPS) is 11.5. The number of aromatic nitrogens is 4. The van der Waals surface area contributed by atoms with Crippen LogP contribution in [-0.4, -0.2) is 20.0 Å². The molecule has 0 amide bonds.